The highest BCUT2D eigenvalue weighted by atomic mass is 32.2. The number of carboxylic acids is 1. The molecule has 0 N–H and O–H groups in total. The summed E-state index contributed by atoms with van der Waals surface area (Å²) in [7, 11) is 0. The van der Waals surface area contributed by atoms with E-state index in [-0.39, 0.29) is 18.9 Å². The third kappa shape index (κ3) is 3.45. The Labute approximate surface area is 119 Å². The third-order valence-electron chi connectivity index (χ3n) is 2.45. The van der Waals surface area contributed by atoms with Gasteiger partial charge in [0.1, 0.15) is 10.1 Å². The van der Waals surface area contributed by atoms with E-state index in [0.717, 1.165) is 0 Å². The second-order valence-electron chi connectivity index (χ2n) is 3.82. The van der Waals surface area contributed by atoms with Crippen LogP contribution < -0.4 is 5.11 Å². The van der Waals surface area contributed by atoms with E-state index < -0.39 is 5.97 Å². The van der Waals surface area contributed by atoms with E-state index in [1.165, 1.54) is 22.9 Å². The lowest BCUT2D eigenvalue weighted by molar-refractivity contribution is -0.305. The van der Waals surface area contributed by atoms with Crippen molar-refractivity contribution in [2.75, 3.05) is 6.54 Å². The van der Waals surface area contributed by atoms with E-state index in [1.54, 1.807) is 18.2 Å². The lowest BCUT2D eigenvalue weighted by atomic mass is 10.3. The Kier molecular flexibility index (Phi) is 4.39. The Morgan fingerprint density at radius 2 is 2.37 bits per heavy atom. The molecule has 1 fully saturated rings. The van der Waals surface area contributed by atoms with Crippen LogP contribution in [-0.4, -0.2) is 27.6 Å². The van der Waals surface area contributed by atoms with Crippen LogP contribution in [0.5, 0.6) is 0 Å². The van der Waals surface area contributed by atoms with Gasteiger partial charge in [0.15, 0.2) is 0 Å². The van der Waals surface area contributed by atoms with E-state index in [0.29, 0.717) is 21.4 Å². The molecular weight excluding hydrogens is 286 g/mol. The molecule has 0 aliphatic carbocycles. The van der Waals surface area contributed by atoms with E-state index >= 15 is 0 Å². The maximum atomic E-state index is 12.1. The first-order valence-electron chi connectivity index (χ1n) is 5.56. The summed E-state index contributed by atoms with van der Waals surface area (Å²) in [6.45, 7) is 0.286. The fourth-order valence-corrected chi connectivity index (χ4v) is 2.87. The summed E-state index contributed by atoms with van der Waals surface area (Å²) in [6, 6.07) is 3.47. The Morgan fingerprint density at radius 1 is 1.58 bits per heavy atom. The quantitative estimate of drug-likeness (QED) is 0.596. The molecule has 0 atom stereocenters. The van der Waals surface area contributed by atoms with Crippen molar-refractivity contribution >= 4 is 46.3 Å². The fraction of sp³-hybridized carbons (Fsp3) is 0.250. The summed E-state index contributed by atoms with van der Waals surface area (Å²) in [5.74, 6) is -0.767. The van der Waals surface area contributed by atoms with Crippen molar-refractivity contribution in [2.24, 2.45) is 0 Å². The Balaban J connectivity index is 2.02. The average Bonchev–Trinajstić information content (AvgIpc) is 2.93. The number of nitrogens with zero attached hydrogens (tertiary/aromatic N) is 1. The molecule has 2 rings (SSSR count). The van der Waals surface area contributed by atoms with Crippen LogP contribution in [0, 0.1) is 0 Å². The molecule has 1 aromatic heterocycles. The SMILES string of the molecule is O=C([O-])CCCN1C(=O)/C(=C/c2ccco2)SC1=S. The fourth-order valence-electron chi connectivity index (χ4n) is 1.58. The van der Waals surface area contributed by atoms with Crippen molar-refractivity contribution < 1.29 is 19.1 Å². The number of carbonyl (C=O) groups excluding carboxylic acids is 2. The number of amides is 1. The summed E-state index contributed by atoms with van der Waals surface area (Å²) in [4.78, 5) is 24.3. The van der Waals surface area contributed by atoms with E-state index in [1.807, 2.05) is 0 Å². The monoisotopic (exact) mass is 296 g/mol. The Hall–Kier alpha value is -1.60. The van der Waals surface area contributed by atoms with Crippen molar-refractivity contribution in [1.29, 1.82) is 0 Å². The molecule has 1 amide bonds. The molecule has 0 radical (unpaired) electrons. The minimum Gasteiger partial charge on any atom is -0.550 e. The minimum absolute atomic E-state index is 0.0890. The van der Waals surface area contributed by atoms with Crippen LogP contribution in [0.15, 0.2) is 27.7 Å². The van der Waals surface area contributed by atoms with Gasteiger partial charge in [-0.05, 0) is 25.0 Å². The normalized spacial score (nSPS) is 17.5. The lowest BCUT2D eigenvalue weighted by Gasteiger charge is -2.14. The number of aliphatic carboxylic acids is 1. The molecule has 0 saturated carbocycles. The first-order valence-corrected chi connectivity index (χ1v) is 6.79. The highest BCUT2D eigenvalue weighted by molar-refractivity contribution is 8.26. The van der Waals surface area contributed by atoms with E-state index in [2.05, 4.69) is 0 Å². The van der Waals surface area contributed by atoms with Gasteiger partial charge >= 0.3 is 0 Å². The number of hydrogen-bond acceptors (Lipinski definition) is 6. The molecule has 0 spiro atoms. The van der Waals surface area contributed by atoms with Crippen LogP contribution in [0.4, 0.5) is 0 Å². The van der Waals surface area contributed by atoms with Crippen LogP contribution in [0.3, 0.4) is 0 Å². The third-order valence-corrected chi connectivity index (χ3v) is 3.83. The highest BCUT2D eigenvalue weighted by Crippen LogP contribution is 2.32. The average molecular weight is 296 g/mol. The molecule has 7 heteroatoms. The topological polar surface area (TPSA) is 73.6 Å². The molecule has 0 unspecified atom stereocenters. The molecule has 0 aromatic carbocycles. The number of thioether (sulfide) groups is 1. The largest absolute Gasteiger partial charge is 0.550 e. The maximum Gasteiger partial charge on any atom is 0.266 e. The summed E-state index contributed by atoms with van der Waals surface area (Å²) >= 11 is 6.29. The van der Waals surface area contributed by atoms with Crippen molar-refractivity contribution in [3.8, 4) is 0 Å². The van der Waals surface area contributed by atoms with Crippen LogP contribution in [0.2, 0.25) is 0 Å². The highest BCUT2D eigenvalue weighted by Gasteiger charge is 2.31. The lowest BCUT2D eigenvalue weighted by Crippen LogP contribution is -2.30. The second-order valence-corrected chi connectivity index (χ2v) is 5.50. The van der Waals surface area contributed by atoms with Gasteiger partial charge in [-0.15, -0.1) is 0 Å². The van der Waals surface area contributed by atoms with Crippen LogP contribution in [-0.2, 0) is 9.59 Å². The standard InChI is InChI=1S/C12H11NO4S2/c14-10(15)4-1-5-13-11(16)9(19-12(13)18)7-8-3-2-6-17-8/h2-3,6-7H,1,4-5H2,(H,14,15)/p-1/b9-7-. The first kappa shape index (κ1) is 13.8. The molecule has 1 saturated heterocycles. The summed E-state index contributed by atoms with van der Waals surface area (Å²) in [6.07, 6.45) is 3.38. The molecule has 1 aliphatic heterocycles. The van der Waals surface area contributed by atoms with E-state index in [4.69, 9.17) is 16.6 Å². The smallest absolute Gasteiger partial charge is 0.266 e. The number of furan rings is 1. The number of rotatable bonds is 5. The predicted molar refractivity (Wildman–Crippen MR) is 72.8 cm³/mol. The molecule has 2 heterocycles. The minimum atomic E-state index is -1.13. The van der Waals surface area contributed by atoms with Gasteiger partial charge < -0.3 is 14.3 Å². The van der Waals surface area contributed by atoms with Gasteiger partial charge in [0.2, 0.25) is 0 Å². The molecule has 0 bridgehead atoms. The van der Waals surface area contributed by atoms with E-state index in [9.17, 15) is 14.7 Å². The van der Waals surface area contributed by atoms with Gasteiger partial charge in [-0.2, -0.15) is 0 Å². The van der Waals surface area contributed by atoms with Gasteiger partial charge in [0.25, 0.3) is 5.91 Å². The van der Waals surface area contributed by atoms with Crippen molar-refractivity contribution in [3.05, 3.63) is 29.1 Å². The van der Waals surface area contributed by atoms with Crippen molar-refractivity contribution in [1.82, 2.24) is 4.90 Å². The zero-order valence-corrected chi connectivity index (χ0v) is 11.5. The maximum absolute atomic E-state index is 12.1. The Morgan fingerprint density at radius 3 is 3.00 bits per heavy atom. The molecule has 100 valence electrons. The van der Waals surface area contributed by atoms with Crippen LogP contribution >= 0.6 is 24.0 Å². The summed E-state index contributed by atoms with van der Waals surface area (Å²) < 4.78 is 5.57. The van der Waals surface area contributed by atoms with Gasteiger partial charge in [0, 0.05) is 18.6 Å². The molecule has 19 heavy (non-hydrogen) atoms. The number of carbonyl (C=O) groups is 2. The summed E-state index contributed by atoms with van der Waals surface area (Å²) in [5, 5.41) is 10.3. The van der Waals surface area contributed by atoms with Gasteiger partial charge in [0.05, 0.1) is 11.2 Å². The Bertz CT molecular complexity index is 536. The summed E-state index contributed by atoms with van der Waals surface area (Å²) in [5.41, 5.74) is 0. The number of hydrogen-bond donors (Lipinski definition) is 0. The van der Waals surface area contributed by atoms with Gasteiger partial charge in [-0.1, -0.05) is 24.0 Å². The van der Waals surface area contributed by atoms with Crippen LogP contribution in [0.25, 0.3) is 6.08 Å². The molecule has 1 aliphatic rings. The van der Waals surface area contributed by atoms with Crippen LogP contribution in [0.1, 0.15) is 18.6 Å². The van der Waals surface area contributed by atoms with Gasteiger partial charge in [-0.3, -0.25) is 9.69 Å². The molecular formula is C12H10NO4S2-. The molecule has 1 aromatic rings. The first-order chi connectivity index (χ1) is 9.08. The predicted octanol–water partition coefficient (Wildman–Crippen LogP) is 1.01. The van der Waals surface area contributed by atoms with Gasteiger partial charge in [-0.25, -0.2) is 0 Å². The zero-order chi connectivity index (χ0) is 13.8. The number of thiocarbonyl (C=S) groups is 1. The van der Waals surface area contributed by atoms with Crippen molar-refractivity contribution in [3.63, 3.8) is 0 Å². The van der Waals surface area contributed by atoms with Crippen molar-refractivity contribution in [2.45, 2.75) is 12.8 Å². The second kappa shape index (κ2) is 6.03. The molecule has 5 nitrogen and oxygen atoms in total. The zero-order valence-electron chi connectivity index (χ0n) is 9.83. The number of carboxylic acid groups (broad SMARTS) is 1.